The highest BCUT2D eigenvalue weighted by Crippen LogP contribution is 2.31. The quantitative estimate of drug-likeness (QED) is 0.367. The summed E-state index contributed by atoms with van der Waals surface area (Å²) in [6.45, 7) is 4.04. The second-order valence-corrected chi connectivity index (χ2v) is 3.61. The lowest BCUT2D eigenvalue weighted by atomic mass is 10.3. The van der Waals surface area contributed by atoms with Gasteiger partial charge in [-0.25, -0.2) is 0 Å². The van der Waals surface area contributed by atoms with Crippen molar-refractivity contribution in [3.8, 4) is 11.5 Å². The molecule has 0 N–H and O–H groups in total. The molecule has 1 aromatic rings. The van der Waals surface area contributed by atoms with Crippen molar-refractivity contribution in [1.29, 1.82) is 0 Å². The number of ether oxygens (including phenoxy) is 2. The molecular weight excluding hydrogens is 242 g/mol. The van der Waals surface area contributed by atoms with E-state index < -0.39 is 4.92 Å². The van der Waals surface area contributed by atoms with Crippen LogP contribution in [-0.4, -0.2) is 24.4 Å². The van der Waals surface area contributed by atoms with Crippen molar-refractivity contribution < 1.29 is 14.4 Å². The fourth-order valence-corrected chi connectivity index (χ4v) is 1.21. The van der Waals surface area contributed by atoms with Crippen molar-refractivity contribution >= 4 is 18.3 Å². The molecule has 0 aliphatic carbocycles. The summed E-state index contributed by atoms with van der Waals surface area (Å²) in [4.78, 5) is 10.1. The number of hydrogen-bond acceptors (Lipinski definition) is 5. The van der Waals surface area contributed by atoms with Crippen LogP contribution in [0.5, 0.6) is 11.5 Å². The summed E-state index contributed by atoms with van der Waals surface area (Å²) in [7, 11) is 1.43. The number of rotatable bonds is 6. The van der Waals surface area contributed by atoms with Crippen molar-refractivity contribution in [2.75, 3.05) is 19.5 Å². The number of benzene rings is 1. The molecule has 0 heterocycles. The fourth-order valence-electron chi connectivity index (χ4n) is 1.11. The number of hydrogen-bond donors (Lipinski definition) is 1. The van der Waals surface area contributed by atoms with Crippen LogP contribution in [0.4, 0.5) is 5.69 Å². The highest BCUT2D eigenvalue weighted by molar-refractivity contribution is 7.80. The van der Waals surface area contributed by atoms with E-state index in [2.05, 4.69) is 19.2 Å². The Labute approximate surface area is 105 Å². The molecule has 0 radical (unpaired) electrons. The van der Waals surface area contributed by atoms with Gasteiger partial charge in [-0.05, 0) is 11.6 Å². The maximum Gasteiger partial charge on any atom is 0.273 e. The summed E-state index contributed by atoms with van der Waals surface area (Å²) in [5, 5.41) is 10.6. The van der Waals surface area contributed by atoms with Crippen LogP contribution in [0.2, 0.25) is 0 Å². The summed E-state index contributed by atoms with van der Waals surface area (Å²) in [5.41, 5.74) is 0.774. The lowest BCUT2D eigenvalue weighted by molar-refractivity contribution is -0.384. The van der Waals surface area contributed by atoms with Crippen LogP contribution in [0.25, 0.3) is 0 Å². The van der Waals surface area contributed by atoms with Crippen molar-refractivity contribution in [2.24, 2.45) is 0 Å². The van der Waals surface area contributed by atoms with Crippen molar-refractivity contribution in [2.45, 2.75) is 0 Å². The van der Waals surface area contributed by atoms with E-state index >= 15 is 0 Å². The predicted molar refractivity (Wildman–Crippen MR) is 68.1 cm³/mol. The van der Waals surface area contributed by atoms with E-state index in [0.717, 1.165) is 5.57 Å². The minimum absolute atomic E-state index is 0.0396. The van der Waals surface area contributed by atoms with Gasteiger partial charge in [0.25, 0.3) is 5.69 Å². The predicted octanol–water partition coefficient (Wildman–Crippen LogP) is 2.47. The number of nitro groups is 1. The maximum absolute atomic E-state index is 10.6. The van der Waals surface area contributed by atoms with Crippen LogP contribution in [0.3, 0.4) is 0 Å². The Morgan fingerprint density at radius 1 is 1.53 bits per heavy atom. The molecular formula is C11H13NO4S. The first-order valence-electron chi connectivity index (χ1n) is 4.81. The first-order chi connectivity index (χ1) is 8.08. The molecule has 1 aromatic carbocycles. The molecule has 0 aromatic heterocycles. The topological polar surface area (TPSA) is 61.6 Å². The Balaban J connectivity index is 2.85. The van der Waals surface area contributed by atoms with Crippen LogP contribution < -0.4 is 9.47 Å². The molecule has 17 heavy (non-hydrogen) atoms. The van der Waals surface area contributed by atoms with Crippen LogP contribution in [0.1, 0.15) is 0 Å². The molecule has 0 aliphatic rings. The Bertz CT molecular complexity index is 433. The Hall–Kier alpha value is -1.69. The van der Waals surface area contributed by atoms with Crippen LogP contribution in [0, 0.1) is 10.1 Å². The van der Waals surface area contributed by atoms with Crippen molar-refractivity contribution in [3.05, 3.63) is 40.5 Å². The van der Waals surface area contributed by atoms with Gasteiger partial charge in [0.2, 0.25) is 0 Å². The van der Waals surface area contributed by atoms with E-state index in [1.165, 1.54) is 25.3 Å². The van der Waals surface area contributed by atoms with E-state index in [1.807, 2.05) is 0 Å². The summed E-state index contributed by atoms with van der Waals surface area (Å²) >= 11 is 4.05. The number of nitrogens with zero attached hydrogens (tertiary/aromatic N) is 1. The van der Waals surface area contributed by atoms with Gasteiger partial charge in [-0.2, -0.15) is 12.6 Å². The summed E-state index contributed by atoms with van der Waals surface area (Å²) < 4.78 is 10.4. The number of methoxy groups -OCH3 is 1. The van der Waals surface area contributed by atoms with Gasteiger partial charge in [0, 0.05) is 11.8 Å². The monoisotopic (exact) mass is 255 g/mol. The van der Waals surface area contributed by atoms with E-state index in [1.54, 1.807) is 0 Å². The molecule has 0 saturated carbocycles. The lowest BCUT2D eigenvalue weighted by Crippen LogP contribution is -2.03. The first kappa shape index (κ1) is 13.4. The molecule has 0 saturated heterocycles. The SMILES string of the molecule is C=C(CS)COc1ccc([N+](=O)[O-])cc1OC. The highest BCUT2D eigenvalue weighted by atomic mass is 32.1. The molecule has 1 rings (SSSR count). The second-order valence-electron chi connectivity index (χ2n) is 3.29. The first-order valence-corrected chi connectivity index (χ1v) is 5.44. The third kappa shape index (κ3) is 3.67. The zero-order valence-corrected chi connectivity index (χ0v) is 10.3. The Morgan fingerprint density at radius 3 is 2.76 bits per heavy atom. The van der Waals surface area contributed by atoms with E-state index in [-0.39, 0.29) is 5.69 Å². The van der Waals surface area contributed by atoms with Gasteiger partial charge >= 0.3 is 0 Å². The maximum atomic E-state index is 10.6. The zero-order valence-electron chi connectivity index (χ0n) is 9.38. The second kappa shape index (κ2) is 6.15. The smallest absolute Gasteiger partial charge is 0.273 e. The van der Waals surface area contributed by atoms with Gasteiger partial charge in [-0.1, -0.05) is 6.58 Å². The number of thiol groups is 1. The molecule has 5 nitrogen and oxygen atoms in total. The van der Waals surface area contributed by atoms with Gasteiger partial charge in [0.1, 0.15) is 6.61 Å². The van der Waals surface area contributed by atoms with Crippen LogP contribution >= 0.6 is 12.6 Å². The minimum atomic E-state index is -0.487. The zero-order chi connectivity index (χ0) is 12.8. The molecule has 0 fully saturated rings. The van der Waals surface area contributed by atoms with Crippen molar-refractivity contribution in [3.63, 3.8) is 0 Å². The van der Waals surface area contributed by atoms with Crippen LogP contribution in [0.15, 0.2) is 30.4 Å². The third-order valence-electron chi connectivity index (χ3n) is 2.01. The number of non-ortho nitro benzene ring substituents is 1. The van der Waals surface area contributed by atoms with E-state index in [9.17, 15) is 10.1 Å². The molecule has 0 amide bonds. The molecule has 0 unspecified atom stereocenters. The normalized spacial score (nSPS) is 9.76. The Morgan fingerprint density at radius 2 is 2.24 bits per heavy atom. The summed E-state index contributed by atoms with van der Waals surface area (Å²) in [6.07, 6.45) is 0. The van der Waals surface area contributed by atoms with E-state index in [0.29, 0.717) is 23.9 Å². The molecule has 0 atom stereocenters. The van der Waals surface area contributed by atoms with Gasteiger partial charge in [-0.15, -0.1) is 0 Å². The molecule has 92 valence electrons. The summed E-state index contributed by atoms with van der Waals surface area (Å²) in [5.74, 6) is 1.29. The lowest BCUT2D eigenvalue weighted by Gasteiger charge is -2.10. The average Bonchev–Trinajstić information content (AvgIpc) is 2.35. The molecule has 0 bridgehead atoms. The fraction of sp³-hybridized carbons (Fsp3) is 0.273. The van der Waals surface area contributed by atoms with Gasteiger partial charge in [-0.3, -0.25) is 10.1 Å². The largest absolute Gasteiger partial charge is 0.493 e. The molecule has 6 heteroatoms. The highest BCUT2D eigenvalue weighted by Gasteiger charge is 2.12. The van der Waals surface area contributed by atoms with E-state index in [4.69, 9.17) is 9.47 Å². The summed E-state index contributed by atoms with van der Waals surface area (Å²) in [6, 6.07) is 4.18. The number of nitro benzene ring substituents is 1. The third-order valence-corrected chi connectivity index (χ3v) is 2.46. The van der Waals surface area contributed by atoms with Crippen LogP contribution in [-0.2, 0) is 0 Å². The molecule has 0 spiro atoms. The Kier molecular flexibility index (Phi) is 4.84. The van der Waals surface area contributed by atoms with Gasteiger partial charge in [0.15, 0.2) is 11.5 Å². The standard InChI is InChI=1S/C11H13NO4S/c1-8(7-17)6-16-10-4-3-9(12(13)14)5-11(10)15-2/h3-5,17H,1,6-7H2,2H3. The molecule has 0 aliphatic heterocycles. The van der Waals surface area contributed by atoms with Gasteiger partial charge < -0.3 is 9.47 Å². The average molecular weight is 255 g/mol. The minimum Gasteiger partial charge on any atom is -0.493 e. The van der Waals surface area contributed by atoms with Crippen molar-refractivity contribution in [1.82, 2.24) is 0 Å². The van der Waals surface area contributed by atoms with Gasteiger partial charge in [0.05, 0.1) is 18.1 Å².